The molecule has 1 aromatic rings. The van der Waals surface area contributed by atoms with Crippen LogP contribution in [0.25, 0.3) is 0 Å². The summed E-state index contributed by atoms with van der Waals surface area (Å²) in [4.78, 5) is 23.3. The molecule has 2 saturated heterocycles. The molecule has 126 valence electrons. The molecular weight excluding hydrogens is 292 g/mol. The lowest BCUT2D eigenvalue weighted by Gasteiger charge is -2.28. The van der Waals surface area contributed by atoms with Crippen molar-refractivity contribution in [3.05, 3.63) is 24.0 Å². The Kier molecular flexibility index (Phi) is 5.13. The van der Waals surface area contributed by atoms with E-state index in [1.165, 1.54) is 19.4 Å². The molecule has 6 heteroatoms. The number of carbonyl (C=O) groups is 1. The van der Waals surface area contributed by atoms with Gasteiger partial charge in [0.1, 0.15) is 5.69 Å². The quantitative estimate of drug-likeness (QED) is 0.831. The van der Waals surface area contributed by atoms with Crippen LogP contribution in [0.15, 0.2) is 18.3 Å². The summed E-state index contributed by atoms with van der Waals surface area (Å²) in [6.07, 6.45) is 4.25. The third-order valence-corrected chi connectivity index (χ3v) is 4.86. The highest BCUT2D eigenvalue weighted by atomic mass is 16.5. The average Bonchev–Trinajstić information content (AvgIpc) is 3.00. The highest BCUT2D eigenvalue weighted by molar-refractivity contribution is 5.93. The highest BCUT2D eigenvalue weighted by Crippen LogP contribution is 2.20. The summed E-state index contributed by atoms with van der Waals surface area (Å²) in [7, 11) is 4.27. The van der Waals surface area contributed by atoms with Gasteiger partial charge in [0.2, 0.25) is 0 Å². The van der Waals surface area contributed by atoms with Crippen molar-refractivity contribution in [2.45, 2.75) is 18.9 Å². The van der Waals surface area contributed by atoms with Gasteiger partial charge >= 0.3 is 0 Å². The van der Waals surface area contributed by atoms with Crippen LogP contribution in [0.4, 0.5) is 5.69 Å². The van der Waals surface area contributed by atoms with Crippen molar-refractivity contribution in [3.63, 3.8) is 0 Å². The van der Waals surface area contributed by atoms with E-state index in [0.29, 0.717) is 38.0 Å². The number of carbonyl (C=O) groups excluding carboxylic acids is 1. The molecule has 1 unspecified atom stereocenters. The zero-order valence-electron chi connectivity index (χ0n) is 14.1. The number of likely N-dealkylation sites (N-methyl/N-ethyl adjacent to an activating group) is 2. The lowest BCUT2D eigenvalue weighted by Crippen LogP contribution is -2.41. The minimum Gasteiger partial charge on any atom is -0.378 e. The van der Waals surface area contributed by atoms with Crippen LogP contribution < -0.4 is 4.90 Å². The van der Waals surface area contributed by atoms with E-state index in [1.54, 1.807) is 6.20 Å². The van der Waals surface area contributed by atoms with Gasteiger partial charge in [-0.05, 0) is 38.6 Å². The van der Waals surface area contributed by atoms with Gasteiger partial charge in [-0.3, -0.25) is 9.78 Å². The maximum absolute atomic E-state index is 12.6. The SMILES string of the molecule is CN(CC1CCCN1C)c1ccnc(C(=O)N2CCOCC2)c1. The molecule has 0 bridgehead atoms. The molecule has 0 spiro atoms. The molecule has 23 heavy (non-hydrogen) atoms. The van der Waals surface area contributed by atoms with Crippen LogP contribution in [-0.2, 0) is 4.74 Å². The summed E-state index contributed by atoms with van der Waals surface area (Å²) in [6, 6.07) is 4.48. The first-order valence-electron chi connectivity index (χ1n) is 8.39. The Morgan fingerprint density at radius 1 is 1.39 bits per heavy atom. The first kappa shape index (κ1) is 16.2. The Morgan fingerprint density at radius 2 is 2.17 bits per heavy atom. The standard InChI is InChI=1S/C17H26N4O2/c1-19-7-3-4-15(19)13-20(2)14-5-6-18-16(12-14)17(22)21-8-10-23-11-9-21/h5-6,12,15H,3-4,7-11,13H2,1-2H3. The number of ether oxygens (including phenoxy) is 1. The predicted molar refractivity (Wildman–Crippen MR) is 89.9 cm³/mol. The fraction of sp³-hybridized carbons (Fsp3) is 0.647. The maximum Gasteiger partial charge on any atom is 0.272 e. The van der Waals surface area contributed by atoms with Gasteiger partial charge in [-0.2, -0.15) is 0 Å². The highest BCUT2D eigenvalue weighted by Gasteiger charge is 2.23. The molecule has 2 aliphatic rings. The molecule has 1 atom stereocenters. The van der Waals surface area contributed by atoms with Crippen molar-refractivity contribution in [3.8, 4) is 0 Å². The number of pyridine rings is 1. The first-order chi connectivity index (χ1) is 11.1. The molecule has 0 radical (unpaired) electrons. The van der Waals surface area contributed by atoms with Crippen molar-refractivity contribution in [2.24, 2.45) is 0 Å². The Hall–Kier alpha value is -1.66. The van der Waals surface area contributed by atoms with E-state index in [4.69, 9.17) is 4.74 Å². The zero-order chi connectivity index (χ0) is 16.2. The summed E-state index contributed by atoms with van der Waals surface area (Å²) in [5, 5.41) is 0. The Bertz CT molecular complexity index is 545. The smallest absolute Gasteiger partial charge is 0.272 e. The van der Waals surface area contributed by atoms with Gasteiger partial charge in [0, 0.05) is 44.6 Å². The van der Waals surface area contributed by atoms with E-state index in [0.717, 1.165) is 12.2 Å². The average molecular weight is 318 g/mol. The van der Waals surface area contributed by atoms with Crippen LogP contribution >= 0.6 is 0 Å². The molecule has 1 aromatic heterocycles. The minimum absolute atomic E-state index is 0.00142. The third-order valence-electron chi connectivity index (χ3n) is 4.86. The van der Waals surface area contributed by atoms with E-state index >= 15 is 0 Å². The second-order valence-corrected chi connectivity index (χ2v) is 6.46. The fourth-order valence-corrected chi connectivity index (χ4v) is 3.33. The van der Waals surface area contributed by atoms with Gasteiger partial charge in [-0.1, -0.05) is 0 Å². The van der Waals surface area contributed by atoms with E-state index in [9.17, 15) is 4.79 Å². The summed E-state index contributed by atoms with van der Waals surface area (Å²) >= 11 is 0. The molecule has 3 heterocycles. The first-order valence-corrected chi connectivity index (χ1v) is 8.39. The number of morpholine rings is 1. The summed E-state index contributed by atoms with van der Waals surface area (Å²) in [5.41, 5.74) is 1.58. The van der Waals surface area contributed by atoms with Crippen LogP contribution in [0.3, 0.4) is 0 Å². The van der Waals surface area contributed by atoms with Crippen LogP contribution in [0.2, 0.25) is 0 Å². The Labute approximate surface area is 138 Å². The minimum atomic E-state index is 0.00142. The van der Waals surface area contributed by atoms with E-state index in [2.05, 4.69) is 28.9 Å². The molecule has 2 aliphatic heterocycles. The van der Waals surface area contributed by atoms with Crippen LogP contribution in [0.1, 0.15) is 23.3 Å². The largest absolute Gasteiger partial charge is 0.378 e. The van der Waals surface area contributed by atoms with Crippen LogP contribution in [-0.4, -0.2) is 80.2 Å². The normalized spacial score (nSPS) is 22.3. The van der Waals surface area contributed by atoms with Gasteiger partial charge in [-0.15, -0.1) is 0 Å². The summed E-state index contributed by atoms with van der Waals surface area (Å²) < 4.78 is 5.30. The number of rotatable bonds is 4. The lowest BCUT2D eigenvalue weighted by molar-refractivity contribution is 0.0299. The van der Waals surface area contributed by atoms with Crippen molar-refractivity contribution in [1.82, 2.24) is 14.8 Å². The van der Waals surface area contributed by atoms with Gasteiger partial charge < -0.3 is 19.4 Å². The fourth-order valence-electron chi connectivity index (χ4n) is 3.33. The molecule has 0 saturated carbocycles. The van der Waals surface area contributed by atoms with Gasteiger partial charge in [0.25, 0.3) is 5.91 Å². The Balaban J connectivity index is 1.67. The Morgan fingerprint density at radius 3 is 2.87 bits per heavy atom. The van der Waals surface area contributed by atoms with Crippen LogP contribution in [0, 0.1) is 0 Å². The number of aromatic nitrogens is 1. The number of amides is 1. The second-order valence-electron chi connectivity index (χ2n) is 6.46. The van der Waals surface area contributed by atoms with Crippen molar-refractivity contribution >= 4 is 11.6 Å². The molecule has 6 nitrogen and oxygen atoms in total. The van der Waals surface area contributed by atoms with E-state index in [-0.39, 0.29) is 5.91 Å². The van der Waals surface area contributed by atoms with Crippen LogP contribution in [0.5, 0.6) is 0 Å². The molecule has 0 N–H and O–H groups in total. The molecule has 3 rings (SSSR count). The van der Waals surface area contributed by atoms with Gasteiger partial charge in [0.15, 0.2) is 0 Å². The topological polar surface area (TPSA) is 48.9 Å². The van der Waals surface area contributed by atoms with Gasteiger partial charge in [-0.25, -0.2) is 0 Å². The predicted octanol–water partition coefficient (Wildman–Crippen LogP) is 1.08. The number of hydrogen-bond acceptors (Lipinski definition) is 5. The zero-order valence-corrected chi connectivity index (χ0v) is 14.1. The van der Waals surface area contributed by atoms with E-state index < -0.39 is 0 Å². The number of likely N-dealkylation sites (tertiary alicyclic amines) is 1. The monoisotopic (exact) mass is 318 g/mol. The number of nitrogens with zero attached hydrogens (tertiary/aromatic N) is 4. The van der Waals surface area contributed by atoms with Crippen molar-refractivity contribution in [1.29, 1.82) is 0 Å². The summed E-state index contributed by atoms with van der Waals surface area (Å²) in [6.45, 7) is 4.67. The van der Waals surface area contributed by atoms with Crippen molar-refractivity contribution in [2.75, 3.05) is 58.4 Å². The number of anilines is 1. The third kappa shape index (κ3) is 3.82. The molecule has 0 aromatic carbocycles. The van der Waals surface area contributed by atoms with Gasteiger partial charge in [0.05, 0.1) is 13.2 Å². The molecule has 2 fully saturated rings. The molecule has 1 amide bonds. The van der Waals surface area contributed by atoms with E-state index in [1.807, 2.05) is 17.0 Å². The lowest BCUT2D eigenvalue weighted by atomic mass is 10.2. The molecule has 0 aliphatic carbocycles. The molecular formula is C17H26N4O2. The maximum atomic E-state index is 12.6. The number of hydrogen-bond donors (Lipinski definition) is 0. The summed E-state index contributed by atoms with van der Waals surface area (Å²) in [5.74, 6) is 0.00142. The van der Waals surface area contributed by atoms with Crippen molar-refractivity contribution < 1.29 is 9.53 Å². The second kappa shape index (κ2) is 7.27.